The van der Waals surface area contributed by atoms with Gasteiger partial charge >= 0.3 is 6.18 Å². The molecule has 0 atom stereocenters. The predicted octanol–water partition coefficient (Wildman–Crippen LogP) is 4.06. The second-order valence-corrected chi connectivity index (χ2v) is 3.31. The maximum atomic E-state index is 12.6. The predicted molar refractivity (Wildman–Crippen MR) is 42.9 cm³/mol. The van der Waals surface area contributed by atoms with Crippen LogP contribution >= 0.6 is 27.5 Å². The first kappa shape index (κ1) is 10.8. The summed E-state index contributed by atoms with van der Waals surface area (Å²) in [5, 5.41) is -0.715. The van der Waals surface area contributed by atoms with Crippen LogP contribution < -0.4 is 0 Å². The van der Waals surface area contributed by atoms with Crippen LogP contribution in [-0.4, -0.2) is 0 Å². The molecule has 71 valence electrons. The fourth-order valence-electron chi connectivity index (χ4n) is 0.683. The normalized spacial score (nSPS) is 11.8. The molecule has 0 amide bonds. The van der Waals surface area contributed by atoms with Gasteiger partial charge in [-0.25, -0.2) is 4.39 Å². The molecular formula is C7HBrClF4. The average Bonchev–Trinajstić information content (AvgIpc) is 1.98. The van der Waals surface area contributed by atoms with E-state index in [2.05, 4.69) is 15.9 Å². The maximum absolute atomic E-state index is 12.6. The average molecular weight is 276 g/mol. The third-order valence-corrected chi connectivity index (χ3v) is 2.63. The highest BCUT2D eigenvalue weighted by Crippen LogP contribution is 2.38. The molecule has 0 aromatic heterocycles. The zero-order valence-electron chi connectivity index (χ0n) is 5.85. The van der Waals surface area contributed by atoms with Crippen molar-refractivity contribution in [3.8, 4) is 0 Å². The van der Waals surface area contributed by atoms with Crippen molar-refractivity contribution in [1.29, 1.82) is 0 Å². The number of rotatable bonds is 0. The highest BCUT2D eigenvalue weighted by Gasteiger charge is 2.34. The number of alkyl halides is 3. The lowest BCUT2D eigenvalue weighted by atomic mass is 10.2. The van der Waals surface area contributed by atoms with Gasteiger partial charge in [0.2, 0.25) is 0 Å². The fraction of sp³-hybridized carbons (Fsp3) is 0.143. The van der Waals surface area contributed by atoms with Gasteiger partial charge in [0.15, 0.2) is 0 Å². The molecule has 0 aliphatic heterocycles. The molecule has 0 unspecified atom stereocenters. The van der Waals surface area contributed by atoms with Crippen molar-refractivity contribution in [2.45, 2.75) is 6.18 Å². The van der Waals surface area contributed by atoms with Crippen LogP contribution in [0.4, 0.5) is 17.6 Å². The maximum Gasteiger partial charge on any atom is 0.418 e. The molecule has 0 saturated carbocycles. The third-order valence-electron chi connectivity index (χ3n) is 1.25. The van der Waals surface area contributed by atoms with Gasteiger partial charge < -0.3 is 0 Å². The quantitative estimate of drug-likeness (QED) is 0.495. The summed E-state index contributed by atoms with van der Waals surface area (Å²) in [5.74, 6) is -0.877. The van der Waals surface area contributed by atoms with Crippen molar-refractivity contribution in [3.63, 3.8) is 0 Å². The molecule has 0 fully saturated rings. The van der Waals surface area contributed by atoms with E-state index in [4.69, 9.17) is 11.6 Å². The molecule has 1 aromatic carbocycles. The molecule has 1 rings (SSSR count). The van der Waals surface area contributed by atoms with Gasteiger partial charge in [-0.2, -0.15) is 13.2 Å². The zero-order chi connectivity index (χ0) is 10.2. The Labute approximate surface area is 84.6 Å². The third kappa shape index (κ3) is 2.14. The minimum atomic E-state index is -4.62. The second kappa shape index (κ2) is 3.46. The molecule has 0 bridgehead atoms. The number of hydrogen-bond acceptors (Lipinski definition) is 0. The second-order valence-electron chi connectivity index (χ2n) is 2.14. The monoisotopic (exact) mass is 275 g/mol. The van der Waals surface area contributed by atoms with Gasteiger partial charge in [-0.3, -0.25) is 0 Å². The molecule has 0 N–H and O–H groups in total. The molecule has 13 heavy (non-hydrogen) atoms. The van der Waals surface area contributed by atoms with E-state index in [1.807, 2.05) is 0 Å². The number of halogens is 6. The number of benzene rings is 1. The Hall–Kier alpha value is -0.290. The van der Waals surface area contributed by atoms with Crippen LogP contribution in [-0.2, 0) is 6.18 Å². The van der Waals surface area contributed by atoms with E-state index in [9.17, 15) is 17.6 Å². The van der Waals surface area contributed by atoms with Gasteiger partial charge in [-0.1, -0.05) is 11.6 Å². The Morgan fingerprint density at radius 1 is 1.38 bits per heavy atom. The van der Waals surface area contributed by atoms with Crippen molar-refractivity contribution in [2.24, 2.45) is 0 Å². The SMILES string of the molecule is Fc1c[c]c(C(F)(F)F)c(Cl)c1Br. The molecule has 6 heteroatoms. The van der Waals surface area contributed by atoms with Gasteiger partial charge in [0, 0.05) is 0 Å². The standard InChI is InChI=1S/C7HBrClF4/c8-5-4(10)2-1-3(6(5)9)7(11,12)13/h2H. The summed E-state index contributed by atoms with van der Waals surface area (Å²) >= 11 is 7.84. The fourth-order valence-corrected chi connectivity index (χ4v) is 1.25. The zero-order valence-corrected chi connectivity index (χ0v) is 8.19. The van der Waals surface area contributed by atoms with Crippen LogP contribution in [0, 0.1) is 11.9 Å². The minimum absolute atomic E-state index is 0.403. The molecule has 0 spiro atoms. The number of hydrogen-bond donors (Lipinski definition) is 0. The first-order valence-electron chi connectivity index (χ1n) is 2.96. The molecular weight excluding hydrogens is 275 g/mol. The highest BCUT2D eigenvalue weighted by atomic mass is 79.9. The van der Waals surface area contributed by atoms with Crippen LogP contribution in [0.15, 0.2) is 10.5 Å². The molecule has 0 aliphatic rings. The van der Waals surface area contributed by atoms with Crippen LogP contribution in [0.5, 0.6) is 0 Å². The van der Waals surface area contributed by atoms with Crippen LogP contribution in [0.3, 0.4) is 0 Å². The summed E-state index contributed by atoms with van der Waals surface area (Å²) < 4.78 is 48.5. The van der Waals surface area contributed by atoms with E-state index in [-0.39, 0.29) is 0 Å². The van der Waals surface area contributed by atoms with E-state index in [1.165, 1.54) is 0 Å². The molecule has 0 heterocycles. The van der Waals surface area contributed by atoms with Crippen LogP contribution in [0.25, 0.3) is 0 Å². The Morgan fingerprint density at radius 3 is 2.38 bits per heavy atom. The lowest BCUT2D eigenvalue weighted by molar-refractivity contribution is -0.137. The van der Waals surface area contributed by atoms with Gasteiger partial charge in [-0.15, -0.1) is 0 Å². The van der Waals surface area contributed by atoms with Gasteiger partial charge in [-0.05, 0) is 28.1 Å². The Balaban J connectivity index is 3.35. The van der Waals surface area contributed by atoms with Gasteiger partial charge in [0.1, 0.15) is 5.82 Å². The van der Waals surface area contributed by atoms with E-state index >= 15 is 0 Å². The van der Waals surface area contributed by atoms with Crippen molar-refractivity contribution < 1.29 is 17.6 Å². The lowest BCUT2D eigenvalue weighted by Crippen LogP contribution is -2.06. The first-order valence-corrected chi connectivity index (χ1v) is 4.13. The van der Waals surface area contributed by atoms with E-state index < -0.39 is 27.1 Å². The molecule has 1 aromatic rings. The Bertz CT molecular complexity index is 334. The largest absolute Gasteiger partial charge is 0.418 e. The Morgan fingerprint density at radius 2 is 1.92 bits per heavy atom. The molecule has 1 radical (unpaired) electrons. The van der Waals surface area contributed by atoms with E-state index in [1.54, 1.807) is 6.07 Å². The summed E-state index contributed by atoms with van der Waals surface area (Å²) in [6.07, 6.45) is -4.62. The summed E-state index contributed by atoms with van der Waals surface area (Å²) in [6.45, 7) is 0. The molecule has 0 nitrogen and oxygen atoms in total. The van der Waals surface area contributed by atoms with Gasteiger partial charge in [0.05, 0.1) is 15.1 Å². The van der Waals surface area contributed by atoms with Crippen molar-refractivity contribution in [3.05, 3.63) is 33.0 Å². The molecule has 0 aliphatic carbocycles. The minimum Gasteiger partial charge on any atom is -0.206 e. The van der Waals surface area contributed by atoms with Crippen molar-refractivity contribution in [2.75, 3.05) is 0 Å². The van der Waals surface area contributed by atoms with E-state index in [0.717, 1.165) is 0 Å². The van der Waals surface area contributed by atoms with Crippen molar-refractivity contribution >= 4 is 27.5 Å². The molecule has 0 saturated heterocycles. The van der Waals surface area contributed by atoms with Gasteiger partial charge in [0.25, 0.3) is 0 Å². The topological polar surface area (TPSA) is 0 Å². The van der Waals surface area contributed by atoms with Crippen LogP contribution in [0.2, 0.25) is 5.02 Å². The summed E-state index contributed by atoms with van der Waals surface area (Å²) in [7, 11) is 0. The summed E-state index contributed by atoms with van der Waals surface area (Å²) in [6, 6.07) is 2.31. The Kier molecular flexibility index (Phi) is 2.87. The van der Waals surface area contributed by atoms with Crippen molar-refractivity contribution in [1.82, 2.24) is 0 Å². The lowest BCUT2D eigenvalue weighted by Gasteiger charge is -2.09. The van der Waals surface area contributed by atoms with Crippen LogP contribution in [0.1, 0.15) is 5.56 Å². The summed E-state index contributed by atoms with van der Waals surface area (Å²) in [4.78, 5) is 0. The van der Waals surface area contributed by atoms with E-state index in [0.29, 0.717) is 6.07 Å². The smallest absolute Gasteiger partial charge is 0.206 e. The first-order chi connectivity index (χ1) is 5.84. The highest BCUT2D eigenvalue weighted by molar-refractivity contribution is 9.10. The summed E-state index contributed by atoms with van der Waals surface area (Å²) in [5.41, 5.74) is -1.18.